The van der Waals surface area contributed by atoms with Crippen molar-refractivity contribution in [2.75, 3.05) is 0 Å². The number of amides is 1. The number of rotatable bonds is 5. The molecule has 0 aromatic heterocycles. The fourth-order valence-corrected chi connectivity index (χ4v) is 1.39. The minimum absolute atomic E-state index is 0. The van der Waals surface area contributed by atoms with Gasteiger partial charge in [-0.2, -0.15) is 0 Å². The van der Waals surface area contributed by atoms with E-state index >= 15 is 0 Å². The minimum atomic E-state index is -1.32. The maximum atomic E-state index is 11.4. The summed E-state index contributed by atoms with van der Waals surface area (Å²) >= 11 is 0. The van der Waals surface area contributed by atoms with Crippen LogP contribution in [0, 0.1) is 5.92 Å². The summed E-state index contributed by atoms with van der Waals surface area (Å²) in [7, 11) is 0. The molecule has 0 aliphatic heterocycles. The molecule has 0 unspecified atom stereocenters. The van der Waals surface area contributed by atoms with Gasteiger partial charge in [-0.05, 0) is 11.5 Å². The number of carbonyl (C=O) groups is 2. The number of alkyl carbamates (subject to hydrolysis) is 1. The van der Waals surface area contributed by atoms with Gasteiger partial charge in [-0.1, -0.05) is 44.2 Å². The van der Waals surface area contributed by atoms with Crippen LogP contribution in [0.25, 0.3) is 0 Å². The predicted molar refractivity (Wildman–Crippen MR) is 63.4 cm³/mol. The van der Waals surface area contributed by atoms with Crippen LogP contribution in [0.2, 0.25) is 0 Å². The van der Waals surface area contributed by atoms with Crippen LogP contribution in [0.1, 0.15) is 19.4 Å². The molecule has 0 aliphatic rings. The Morgan fingerprint density at radius 3 is 2.32 bits per heavy atom. The van der Waals surface area contributed by atoms with E-state index < -0.39 is 18.1 Å². The number of hydrogen-bond donors (Lipinski definition) is 1. The fourth-order valence-electron chi connectivity index (χ4n) is 1.39. The molecular formula is C13H16LiNO4. The van der Waals surface area contributed by atoms with Crippen molar-refractivity contribution in [3.05, 3.63) is 35.9 Å². The van der Waals surface area contributed by atoms with Crippen LogP contribution in [0.3, 0.4) is 0 Å². The minimum Gasteiger partial charge on any atom is -0.548 e. The van der Waals surface area contributed by atoms with Gasteiger partial charge in [-0.15, -0.1) is 0 Å². The van der Waals surface area contributed by atoms with Gasteiger partial charge in [0.25, 0.3) is 0 Å². The Hall–Kier alpha value is -1.44. The summed E-state index contributed by atoms with van der Waals surface area (Å²) in [6, 6.07) is 8.09. The van der Waals surface area contributed by atoms with Crippen LogP contribution in [0.15, 0.2) is 30.3 Å². The maximum Gasteiger partial charge on any atom is 1.00 e. The van der Waals surface area contributed by atoms with Crippen molar-refractivity contribution in [1.82, 2.24) is 5.32 Å². The van der Waals surface area contributed by atoms with E-state index in [0.717, 1.165) is 5.56 Å². The third-order valence-electron chi connectivity index (χ3n) is 2.41. The van der Waals surface area contributed by atoms with Crippen molar-refractivity contribution in [3.8, 4) is 0 Å². The molecule has 0 fully saturated rings. The Morgan fingerprint density at radius 1 is 1.26 bits per heavy atom. The Kier molecular flexibility index (Phi) is 7.97. The number of carboxylic acid groups (broad SMARTS) is 1. The average Bonchev–Trinajstić information content (AvgIpc) is 2.34. The van der Waals surface area contributed by atoms with Gasteiger partial charge >= 0.3 is 25.0 Å². The zero-order valence-corrected chi connectivity index (χ0v) is 11.4. The number of aliphatic carboxylic acids is 1. The first-order valence-electron chi connectivity index (χ1n) is 5.68. The molecule has 0 bridgehead atoms. The summed E-state index contributed by atoms with van der Waals surface area (Å²) in [5.41, 5.74) is 0.835. The van der Waals surface area contributed by atoms with E-state index in [-0.39, 0.29) is 31.4 Å². The van der Waals surface area contributed by atoms with E-state index in [1.807, 2.05) is 30.3 Å². The zero-order chi connectivity index (χ0) is 13.5. The van der Waals surface area contributed by atoms with Crippen molar-refractivity contribution >= 4 is 12.1 Å². The standard InChI is InChI=1S/C13H17NO4.Li/c1-9(2)11(12(15)16)14-13(17)18-8-10-6-4-3-5-7-10;/h3-7,9,11H,8H2,1-2H3,(H,14,17)(H,15,16);/q;+1/p-1/t11-;/m0./s1. The Bertz CT molecular complexity index is 408. The molecule has 19 heavy (non-hydrogen) atoms. The normalized spacial score (nSPS) is 11.3. The second-order valence-electron chi connectivity index (χ2n) is 4.25. The quantitative estimate of drug-likeness (QED) is 0.601. The van der Waals surface area contributed by atoms with Gasteiger partial charge in [0.05, 0.1) is 12.0 Å². The van der Waals surface area contributed by atoms with Crippen LogP contribution >= 0.6 is 0 Å². The Labute approximate surface area is 124 Å². The van der Waals surface area contributed by atoms with Crippen molar-refractivity contribution < 1.29 is 38.3 Å². The summed E-state index contributed by atoms with van der Waals surface area (Å²) in [4.78, 5) is 22.2. The van der Waals surface area contributed by atoms with Crippen molar-refractivity contribution in [2.24, 2.45) is 5.92 Å². The van der Waals surface area contributed by atoms with Crippen LogP contribution in [-0.2, 0) is 16.1 Å². The summed E-state index contributed by atoms with van der Waals surface area (Å²) < 4.78 is 4.92. The second-order valence-corrected chi connectivity index (χ2v) is 4.25. The second kappa shape index (κ2) is 8.62. The molecule has 1 amide bonds. The van der Waals surface area contributed by atoms with E-state index in [0.29, 0.717) is 0 Å². The molecule has 0 aliphatic carbocycles. The van der Waals surface area contributed by atoms with Crippen LogP contribution in [0.5, 0.6) is 0 Å². The third-order valence-corrected chi connectivity index (χ3v) is 2.41. The van der Waals surface area contributed by atoms with Crippen molar-refractivity contribution in [1.29, 1.82) is 0 Å². The molecule has 0 saturated carbocycles. The van der Waals surface area contributed by atoms with Crippen molar-refractivity contribution in [3.63, 3.8) is 0 Å². The van der Waals surface area contributed by atoms with E-state index in [1.54, 1.807) is 13.8 Å². The molecule has 1 aromatic rings. The number of hydrogen-bond acceptors (Lipinski definition) is 4. The fraction of sp³-hybridized carbons (Fsp3) is 0.385. The van der Waals surface area contributed by atoms with E-state index in [4.69, 9.17) is 4.74 Å². The molecule has 0 heterocycles. The number of carbonyl (C=O) groups excluding carboxylic acids is 2. The van der Waals surface area contributed by atoms with Crippen LogP contribution < -0.4 is 29.3 Å². The first-order chi connectivity index (χ1) is 8.50. The molecule has 1 rings (SSSR count). The zero-order valence-electron chi connectivity index (χ0n) is 11.4. The predicted octanol–water partition coefficient (Wildman–Crippen LogP) is -2.31. The topological polar surface area (TPSA) is 78.5 Å². The number of carboxylic acids is 1. The molecule has 5 nitrogen and oxygen atoms in total. The largest absolute Gasteiger partial charge is 1.00 e. The first kappa shape index (κ1) is 17.6. The molecule has 1 N–H and O–H groups in total. The van der Waals surface area contributed by atoms with Gasteiger partial charge in [0, 0.05) is 0 Å². The van der Waals surface area contributed by atoms with E-state index in [1.165, 1.54) is 0 Å². The summed E-state index contributed by atoms with van der Waals surface area (Å²) in [6.45, 7) is 3.46. The van der Waals surface area contributed by atoms with Gasteiger partial charge in [-0.3, -0.25) is 0 Å². The number of ether oxygens (including phenoxy) is 1. The summed E-state index contributed by atoms with van der Waals surface area (Å²) in [6.07, 6.45) is -0.762. The van der Waals surface area contributed by atoms with Crippen LogP contribution in [-0.4, -0.2) is 18.1 Å². The number of benzene rings is 1. The molecule has 98 valence electrons. The monoisotopic (exact) mass is 257 g/mol. The third kappa shape index (κ3) is 6.32. The van der Waals surface area contributed by atoms with E-state index in [2.05, 4.69) is 5.32 Å². The van der Waals surface area contributed by atoms with Gasteiger partial charge in [0.2, 0.25) is 0 Å². The van der Waals surface area contributed by atoms with E-state index in [9.17, 15) is 14.7 Å². The Balaban J connectivity index is 0.00000324. The number of nitrogens with one attached hydrogen (secondary N) is 1. The smallest absolute Gasteiger partial charge is 0.548 e. The summed E-state index contributed by atoms with van der Waals surface area (Å²) in [5.74, 6) is -1.58. The molecule has 0 saturated heterocycles. The molecule has 0 radical (unpaired) electrons. The van der Waals surface area contributed by atoms with Gasteiger partial charge in [0.1, 0.15) is 6.61 Å². The molecular weight excluding hydrogens is 241 g/mol. The average molecular weight is 257 g/mol. The maximum absolute atomic E-state index is 11.4. The molecule has 0 spiro atoms. The summed E-state index contributed by atoms with van der Waals surface area (Å²) in [5, 5.41) is 13.0. The molecule has 1 aromatic carbocycles. The van der Waals surface area contributed by atoms with Crippen molar-refractivity contribution in [2.45, 2.75) is 26.5 Å². The van der Waals surface area contributed by atoms with Crippen LogP contribution in [0.4, 0.5) is 4.79 Å². The Morgan fingerprint density at radius 2 is 1.84 bits per heavy atom. The SMILES string of the molecule is CC(C)[C@H](NC(=O)OCc1ccccc1)C(=O)[O-].[Li+]. The van der Waals surface area contributed by atoms with Gasteiger partial charge < -0.3 is 20.0 Å². The van der Waals surface area contributed by atoms with Gasteiger partial charge in [0.15, 0.2) is 0 Å². The first-order valence-corrected chi connectivity index (χ1v) is 5.68. The molecule has 6 heteroatoms. The molecule has 1 atom stereocenters. The van der Waals surface area contributed by atoms with Gasteiger partial charge in [-0.25, -0.2) is 4.79 Å².